The normalized spacial score (nSPS) is 28.2. The minimum atomic E-state index is -0.423. The van der Waals surface area contributed by atoms with E-state index in [9.17, 15) is 0 Å². The van der Waals surface area contributed by atoms with Gasteiger partial charge in [-0.25, -0.2) is 0 Å². The molecule has 2 fully saturated rings. The molecule has 0 aliphatic carbocycles. The van der Waals surface area contributed by atoms with Crippen molar-refractivity contribution in [1.29, 1.82) is 0 Å². The van der Waals surface area contributed by atoms with Crippen LogP contribution in [0, 0.1) is 0 Å². The van der Waals surface area contributed by atoms with Crippen molar-refractivity contribution in [3.05, 3.63) is 47.5 Å². The highest BCUT2D eigenvalue weighted by Crippen LogP contribution is 2.42. The van der Waals surface area contributed by atoms with Gasteiger partial charge in [-0.1, -0.05) is 30.3 Å². The molecule has 0 bridgehead atoms. The summed E-state index contributed by atoms with van der Waals surface area (Å²) in [6.07, 6.45) is 3.51. The first-order valence-corrected chi connectivity index (χ1v) is 9.21. The summed E-state index contributed by atoms with van der Waals surface area (Å²) in [5, 5.41) is 8.98. The fourth-order valence-electron chi connectivity index (χ4n) is 4.37. The van der Waals surface area contributed by atoms with Crippen LogP contribution in [-0.4, -0.2) is 40.4 Å². The predicted octanol–water partition coefficient (Wildman–Crippen LogP) is 2.60. The molecular weight excluding hydrogens is 318 g/mol. The lowest BCUT2D eigenvalue weighted by atomic mass is 9.92. The van der Waals surface area contributed by atoms with Gasteiger partial charge in [-0.15, -0.1) is 10.2 Å². The minimum Gasteiger partial charge on any atom is -0.370 e. The largest absolute Gasteiger partial charge is 0.370 e. The maximum Gasteiger partial charge on any atom is 0.170 e. The summed E-state index contributed by atoms with van der Waals surface area (Å²) in [4.78, 5) is 0. The van der Waals surface area contributed by atoms with E-state index in [1.54, 1.807) is 0 Å². The molecule has 0 saturated carbocycles. The van der Waals surface area contributed by atoms with E-state index in [1.165, 1.54) is 5.56 Å². The zero-order chi connectivity index (χ0) is 16.7. The summed E-state index contributed by atoms with van der Waals surface area (Å²) in [5.41, 5.74) is 1.31. The van der Waals surface area contributed by atoms with Gasteiger partial charge in [0.1, 0.15) is 11.9 Å². The fraction of sp³-hybridized carbons (Fsp3) is 0.579. The number of hydrogen-bond donors (Lipinski definition) is 0. The molecule has 3 aliphatic rings. The van der Waals surface area contributed by atoms with Gasteiger partial charge in [0.15, 0.2) is 11.6 Å². The number of benzene rings is 1. The van der Waals surface area contributed by atoms with Crippen LogP contribution < -0.4 is 0 Å². The number of aromatic nitrogens is 3. The predicted molar refractivity (Wildman–Crippen MR) is 90.1 cm³/mol. The Morgan fingerprint density at radius 2 is 1.84 bits per heavy atom. The second-order valence-corrected chi connectivity index (χ2v) is 7.08. The summed E-state index contributed by atoms with van der Waals surface area (Å²) in [5.74, 6) is 1.89. The second kappa shape index (κ2) is 6.20. The number of aryl methyl sites for hydroxylation is 1. The van der Waals surface area contributed by atoms with Gasteiger partial charge in [0.05, 0.1) is 13.2 Å². The quantitative estimate of drug-likeness (QED) is 0.840. The first-order valence-electron chi connectivity index (χ1n) is 9.21. The van der Waals surface area contributed by atoms with Crippen LogP contribution in [0.1, 0.15) is 48.5 Å². The number of ether oxygens (including phenoxy) is 3. The number of rotatable bonds is 2. The summed E-state index contributed by atoms with van der Waals surface area (Å²) in [6.45, 7) is 2.96. The van der Waals surface area contributed by atoms with Crippen molar-refractivity contribution < 1.29 is 14.2 Å². The number of nitrogens with zero attached hydrogens (tertiary/aromatic N) is 3. The molecule has 3 aliphatic heterocycles. The van der Waals surface area contributed by atoms with E-state index in [-0.39, 0.29) is 6.10 Å². The maximum absolute atomic E-state index is 6.10. The lowest BCUT2D eigenvalue weighted by Crippen LogP contribution is -2.30. The van der Waals surface area contributed by atoms with E-state index in [2.05, 4.69) is 45.1 Å². The summed E-state index contributed by atoms with van der Waals surface area (Å²) < 4.78 is 20.1. The Kier molecular flexibility index (Phi) is 3.84. The third kappa shape index (κ3) is 2.69. The van der Waals surface area contributed by atoms with Crippen LogP contribution >= 0.6 is 0 Å². The van der Waals surface area contributed by atoms with Crippen LogP contribution in [0.4, 0.5) is 0 Å². The molecule has 0 unspecified atom stereocenters. The van der Waals surface area contributed by atoms with Crippen LogP contribution in [0.3, 0.4) is 0 Å². The molecule has 0 N–H and O–H groups in total. The van der Waals surface area contributed by atoms with E-state index in [1.807, 2.05) is 0 Å². The van der Waals surface area contributed by atoms with Crippen molar-refractivity contribution in [3.63, 3.8) is 0 Å². The maximum atomic E-state index is 6.10. The summed E-state index contributed by atoms with van der Waals surface area (Å²) in [6, 6.07) is 10.6. The van der Waals surface area contributed by atoms with Crippen molar-refractivity contribution >= 4 is 0 Å². The van der Waals surface area contributed by atoms with Crippen LogP contribution in [0.5, 0.6) is 0 Å². The Bertz CT molecular complexity index is 740. The molecule has 1 aromatic carbocycles. The molecule has 2 saturated heterocycles. The Morgan fingerprint density at radius 3 is 2.68 bits per heavy atom. The first kappa shape index (κ1) is 15.5. The number of fused-ring (bicyclic) bond motifs is 1. The monoisotopic (exact) mass is 341 g/mol. The van der Waals surface area contributed by atoms with Crippen LogP contribution in [0.2, 0.25) is 0 Å². The van der Waals surface area contributed by atoms with Gasteiger partial charge in [0, 0.05) is 38.3 Å². The molecule has 4 heterocycles. The molecule has 6 heteroatoms. The Labute approximate surface area is 147 Å². The Hall–Kier alpha value is -1.76. The van der Waals surface area contributed by atoms with E-state index < -0.39 is 5.79 Å². The van der Waals surface area contributed by atoms with E-state index in [4.69, 9.17) is 14.2 Å². The van der Waals surface area contributed by atoms with Crippen molar-refractivity contribution in [2.75, 3.05) is 19.8 Å². The number of hydrogen-bond acceptors (Lipinski definition) is 5. The Balaban J connectivity index is 1.43. The van der Waals surface area contributed by atoms with Crippen molar-refractivity contribution in [2.24, 2.45) is 0 Å². The minimum absolute atomic E-state index is 0.0249. The second-order valence-electron chi connectivity index (χ2n) is 7.08. The van der Waals surface area contributed by atoms with Gasteiger partial charge >= 0.3 is 0 Å². The van der Waals surface area contributed by atoms with Gasteiger partial charge in [0.25, 0.3) is 0 Å². The summed E-state index contributed by atoms with van der Waals surface area (Å²) in [7, 11) is 0. The fourth-order valence-corrected chi connectivity index (χ4v) is 4.37. The van der Waals surface area contributed by atoms with Crippen LogP contribution in [0.15, 0.2) is 30.3 Å². The average molecular weight is 341 g/mol. The SMILES string of the molecule is c1ccc([C@H]2CCO[C@H]2c2nnc3n2CCC2(CC3)OCCO2)cc1. The van der Waals surface area contributed by atoms with Gasteiger partial charge < -0.3 is 18.8 Å². The topological polar surface area (TPSA) is 58.4 Å². The molecule has 25 heavy (non-hydrogen) atoms. The van der Waals surface area contributed by atoms with Crippen molar-refractivity contribution in [2.45, 2.75) is 50.0 Å². The highest BCUT2D eigenvalue weighted by molar-refractivity contribution is 5.24. The molecule has 2 atom stereocenters. The third-order valence-electron chi connectivity index (χ3n) is 5.69. The zero-order valence-electron chi connectivity index (χ0n) is 14.3. The molecule has 2 aromatic rings. The average Bonchev–Trinajstić information content (AvgIpc) is 3.36. The van der Waals surface area contributed by atoms with E-state index >= 15 is 0 Å². The zero-order valence-corrected chi connectivity index (χ0v) is 14.3. The van der Waals surface area contributed by atoms with Crippen LogP contribution in [-0.2, 0) is 27.2 Å². The van der Waals surface area contributed by atoms with E-state index in [0.29, 0.717) is 19.1 Å². The van der Waals surface area contributed by atoms with Gasteiger partial charge in [-0.05, 0) is 12.0 Å². The lowest BCUT2D eigenvalue weighted by molar-refractivity contribution is -0.166. The molecule has 1 spiro atoms. The summed E-state index contributed by atoms with van der Waals surface area (Å²) >= 11 is 0. The van der Waals surface area contributed by atoms with Crippen molar-refractivity contribution in [3.8, 4) is 0 Å². The van der Waals surface area contributed by atoms with Gasteiger partial charge in [-0.3, -0.25) is 0 Å². The van der Waals surface area contributed by atoms with Gasteiger partial charge in [-0.2, -0.15) is 0 Å². The standard InChI is InChI=1S/C19H23N3O3/c1-2-4-14(5-3-1)15-7-11-23-17(15)18-21-20-16-6-8-19(9-10-22(16)18)24-12-13-25-19/h1-5,15,17H,6-13H2/t15-,17-/m1/s1. The molecule has 5 rings (SSSR count). The van der Waals surface area contributed by atoms with E-state index in [0.717, 1.165) is 50.5 Å². The molecular formula is C19H23N3O3. The lowest BCUT2D eigenvalue weighted by Gasteiger charge is -2.25. The molecule has 1 aromatic heterocycles. The first-order chi connectivity index (χ1) is 12.3. The molecule has 0 radical (unpaired) electrons. The molecule has 0 amide bonds. The Morgan fingerprint density at radius 1 is 1.00 bits per heavy atom. The molecule has 132 valence electrons. The van der Waals surface area contributed by atoms with Crippen LogP contribution in [0.25, 0.3) is 0 Å². The highest BCUT2D eigenvalue weighted by Gasteiger charge is 2.41. The van der Waals surface area contributed by atoms with Crippen molar-refractivity contribution in [1.82, 2.24) is 14.8 Å². The highest BCUT2D eigenvalue weighted by atomic mass is 16.7. The smallest absolute Gasteiger partial charge is 0.170 e. The van der Waals surface area contributed by atoms with Gasteiger partial charge in [0.2, 0.25) is 0 Å². The third-order valence-corrected chi connectivity index (χ3v) is 5.69. The molecule has 6 nitrogen and oxygen atoms in total.